The number of likely N-dealkylation sites (tertiary alicyclic amines) is 1. The average Bonchev–Trinajstić information content (AvgIpc) is 2.62. The third kappa shape index (κ3) is 5.10. The van der Waals surface area contributed by atoms with Crippen LogP contribution in [0.25, 0.3) is 0 Å². The van der Waals surface area contributed by atoms with E-state index in [0.717, 1.165) is 57.2 Å². The van der Waals surface area contributed by atoms with Gasteiger partial charge in [-0.2, -0.15) is 0 Å². The fourth-order valence-electron chi connectivity index (χ4n) is 3.80. The minimum absolute atomic E-state index is 0.123. The van der Waals surface area contributed by atoms with Crippen LogP contribution in [0.15, 0.2) is 18.2 Å². The van der Waals surface area contributed by atoms with Gasteiger partial charge in [0.1, 0.15) is 0 Å². The molecular formula is C19H26Cl2N2O2. The van der Waals surface area contributed by atoms with Crippen LogP contribution in [0.3, 0.4) is 0 Å². The van der Waals surface area contributed by atoms with Crippen molar-refractivity contribution in [3.05, 3.63) is 33.8 Å². The molecule has 1 saturated carbocycles. The molecule has 25 heavy (non-hydrogen) atoms. The van der Waals surface area contributed by atoms with E-state index in [0.29, 0.717) is 16.7 Å². The van der Waals surface area contributed by atoms with Crippen LogP contribution < -0.4 is 5.73 Å². The van der Waals surface area contributed by atoms with E-state index in [1.165, 1.54) is 0 Å². The van der Waals surface area contributed by atoms with Gasteiger partial charge in [0.15, 0.2) is 0 Å². The van der Waals surface area contributed by atoms with Gasteiger partial charge >= 0.3 is 0 Å². The molecule has 2 N–H and O–H groups in total. The number of carbonyl (C=O) groups is 1. The summed E-state index contributed by atoms with van der Waals surface area (Å²) in [5.74, 6) is 0.413. The number of rotatable bonds is 4. The lowest BCUT2D eigenvalue weighted by Gasteiger charge is -2.36. The van der Waals surface area contributed by atoms with Crippen molar-refractivity contribution in [2.45, 2.75) is 57.3 Å². The summed E-state index contributed by atoms with van der Waals surface area (Å²) >= 11 is 12.0. The van der Waals surface area contributed by atoms with Gasteiger partial charge in [-0.05, 0) is 49.8 Å². The SMILES string of the molecule is NC1CCCC(C(=O)N2CCC(OCc3ccc(Cl)c(Cl)c3)CC2)C1. The Morgan fingerprint density at radius 3 is 2.60 bits per heavy atom. The molecule has 1 aliphatic heterocycles. The van der Waals surface area contributed by atoms with E-state index in [4.69, 9.17) is 33.7 Å². The fourth-order valence-corrected chi connectivity index (χ4v) is 4.12. The Morgan fingerprint density at radius 2 is 1.92 bits per heavy atom. The van der Waals surface area contributed by atoms with Gasteiger partial charge in [-0.25, -0.2) is 0 Å². The highest BCUT2D eigenvalue weighted by atomic mass is 35.5. The van der Waals surface area contributed by atoms with Gasteiger partial charge in [-0.15, -0.1) is 0 Å². The van der Waals surface area contributed by atoms with Crippen molar-refractivity contribution in [3.63, 3.8) is 0 Å². The quantitative estimate of drug-likeness (QED) is 0.852. The zero-order chi connectivity index (χ0) is 17.8. The minimum Gasteiger partial charge on any atom is -0.373 e. The summed E-state index contributed by atoms with van der Waals surface area (Å²) < 4.78 is 5.99. The minimum atomic E-state index is 0.123. The summed E-state index contributed by atoms with van der Waals surface area (Å²) in [6.07, 6.45) is 5.90. The molecule has 0 aromatic heterocycles. The third-order valence-corrected chi connectivity index (χ3v) is 6.03. The lowest BCUT2D eigenvalue weighted by atomic mass is 9.85. The van der Waals surface area contributed by atoms with E-state index in [9.17, 15) is 4.79 Å². The van der Waals surface area contributed by atoms with Crippen LogP contribution >= 0.6 is 23.2 Å². The van der Waals surface area contributed by atoms with Crippen LogP contribution in [-0.2, 0) is 16.1 Å². The van der Waals surface area contributed by atoms with Gasteiger partial charge in [0.25, 0.3) is 0 Å². The number of benzene rings is 1. The molecule has 0 spiro atoms. The zero-order valence-corrected chi connectivity index (χ0v) is 15.9. The number of hydrogen-bond donors (Lipinski definition) is 1. The summed E-state index contributed by atoms with van der Waals surface area (Å²) in [5.41, 5.74) is 7.04. The molecule has 0 bridgehead atoms. The molecular weight excluding hydrogens is 359 g/mol. The largest absolute Gasteiger partial charge is 0.373 e. The first kappa shape index (κ1) is 19.0. The number of hydrogen-bond acceptors (Lipinski definition) is 3. The maximum atomic E-state index is 12.7. The normalized spacial score (nSPS) is 25.2. The Balaban J connectivity index is 1.43. The second kappa shape index (κ2) is 8.72. The Bertz CT molecular complexity index is 603. The molecule has 2 fully saturated rings. The van der Waals surface area contributed by atoms with E-state index in [1.54, 1.807) is 6.07 Å². The van der Waals surface area contributed by atoms with Crippen molar-refractivity contribution in [3.8, 4) is 0 Å². The van der Waals surface area contributed by atoms with Gasteiger partial charge in [-0.1, -0.05) is 35.7 Å². The lowest BCUT2D eigenvalue weighted by molar-refractivity contribution is -0.139. The highest BCUT2D eigenvalue weighted by Crippen LogP contribution is 2.27. The number of carbonyl (C=O) groups excluding carboxylic acids is 1. The second-order valence-corrected chi connectivity index (χ2v) is 8.02. The van der Waals surface area contributed by atoms with Crippen LogP contribution in [-0.4, -0.2) is 36.0 Å². The molecule has 2 atom stereocenters. The van der Waals surface area contributed by atoms with Crippen molar-refractivity contribution < 1.29 is 9.53 Å². The van der Waals surface area contributed by atoms with Gasteiger partial charge in [-0.3, -0.25) is 4.79 Å². The number of amides is 1. The fraction of sp³-hybridized carbons (Fsp3) is 0.632. The summed E-state index contributed by atoms with van der Waals surface area (Å²) in [5, 5.41) is 1.11. The Morgan fingerprint density at radius 1 is 1.16 bits per heavy atom. The van der Waals surface area contributed by atoms with Crippen molar-refractivity contribution >= 4 is 29.1 Å². The Hall–Kier alpha value is -0.810. The van der Waals surface area contributed by atoms with E-state index >= 15 is 0 Å². The van der Waals surface area contributed by atoms with E-state index in [2.05, 4.69) is 0 Å². The zero-order valence-electron chi connectivity index (χ0n) is 14.4. The molecule has 1 aromatic rings. The molecule has 3 rings (SSSR count). The maximum Gasteiger partial charge on any atom is 0.225 e. The van der Waals surface area contributed by atoms with Crippen molar-refractivity contribution in [1.29, 1.82) is 0 Å². The average molecular weight is 385 g/mol. The van der Waals surface area contributed by atoms with Gasteiger partial charge in [0, 0.05) is 25.0 Å². The number of piperidine rings is 1. The van der Waals surface area contributed by atoms with E-state index < -0.39 is 0 Å². The smallest absolute Gasteiger partial charge is 0.225 e. The predicted octanol–water partition coefficient (Wildman–Crippen LogP) is 4.02. The van der Waals surface area contributed by atoms with Crippen LogP contribution in [0.2, 0.25) is 10.0 Å². The molecule has 1 amide bonds. The molecule has 6 heteroatoms. The van der Waals surface area contributed by atoms with Crippen LogP contribution in [0.5, 0.6) is 0 Å². The number of halogens is 2. The molecule has 1 heterocycles. The molecule has 1 saturated heterocycles. The maximum absolute atomic E-state index is 12.7. The molecule has 1 aliphatic carbocycles. The molecule has 2 aliphatic rings. The van der Waals surface area contributed by atoms with Crippen molar-refractivity contribution in [2.24, 2.45) is 11.7 Å². The number of nitrogens with zero attached hydrogens (tertiary/aromatic N) is 1. The third-order valence-electron chi connectivity index (χ3n) is 5.29. The monoisotopic (exact) mass is 384 g/mol. The first-order chi connectivity index (χ1) is 12.0. The molecule has 0 radical (unpaired) electrons. The first-order valence-electron chi connectivity index (χ1n) is 9.13. The molecule has 138 valence electrons. The molecule has 1 aromatic carbocycles. The lowest BCUT2D eigenvalue weighted by Crippen LogP contribution is -2.45. The molecule has 4 nitrogen and oxygen atoms in total. The summed E-state index contributed by atoms with van der Waals surface area (Å²) in [6.45, 7) is 2.07. The standard InChI is InChI=1S/C19H26Cl2N2O2/c20-17-5-4-13(10-18(17)21)12-25-16-6-8-23(9-7-16)19(24)14-2-1-3-15(22)11-14/h4-5,10,14-16H,1-3,6-9,11-12,22H2. The van der Waals surface area contributed by atoms with Gasteiger partial charge in [0.2, 0.25) is 5.91 Å². The first-order valence-corrected chi connectivity index (χ1v) is 9.88. The van der Waals surface area contributed by atoms with Gasteiger partial charge < -0.3 is 15.4 Å². The number of nitrogens with two attached hydrogens (primary N) is 1. The topological polar surface area (TPSA) is 55.6 Å². The second-order valence-electron chi connectivity index (χ2n) is 7.21. The van der Waals surface area contributed by atoms with E-state index in [1.807, 2.05) is 17.0 Å². The summed E-state index contributed by atoms with van der Waals surface area (Å²) in [7, 11) is 0. The van der Waals surface area contributed by atoms with Crippen LogP contribution in [0.4, 0.5) is 0 Å². The summed E-state index contributed by atoms with van der Waals surface area (Å²) in [4.78, 5) is 14.7. The predicted molar refractivity (Wildman–Crippen MR) is 101 cm³/mol. The van der Waals surface area contributed by atoms with Crippen molar-refractivity contribution in [1.82, 2.24) is 4.90 Å². The van der Waals surface area contributed by atoms with E-state index in [-0.39, 0.29) is 24.0 Å². The highest BCUT2D eigenvalue weighted by Gasteiger charge is 2.31. The van der Waals surface area contributed by atoms with Crippen LogP contribution in [0, 0.1) is 5.92 Å². The number of ether oxygens (including phenoxy) is 1. The molecule has 2 unspecified atom stereocenters. The van der Waals surface area contributed by atoms with Crippen LogP contribution in [0.1, 0.15) is 44.1 Å². The Kier molecular flexibility index (Phi) is 6.61. The highest BCUT2D eigenvalue weighted by molar-refractivity contribution is 6.42. The van der Waals surface area contributed by atoms with Crippen molar-refractivity contribution in [2.75, 3.05) is 13.1 Å². The van der Waals surface area contributed by atoms with Gasteiger partial charge in [0.05, 0.1) is 22.8 Å². The summed E-state index contributed by atoms with van der Waals surface area (Å²) in [6, 6.07) is 5.75. The Labute approximate surface area is 159 Å².